The lowest BCUT2D eigenvalue weighted by Gasteiger charge is -2.36. The van der Waals surface area contributed by atoms with E-state index in [1.54, 1.807) is 0 Å². The van der Waals surface area contributed by atoms with Crippen LogP contribution < -0.4 is 15.0 Å². The highest BCUT2D eigenvalue weighted by Crippen LogP contribution is 2.27. The van der Waals surface area contributed by atoms with Gasteiger partial charge in [-0.25, -0.2) is 0 Å². The molecule has 8 heteroatoms. The predicted molar refractivity (Wildman–Crippen MR) is 131 cm³/mol. The van der Waals surface area contributed by atoms with E-state index in [-0.39, 0.29) is 22.9 Å². The lowest BCUT2D eigenvalue weighted by Crippen LogP contribution is -2.46. The van der Waals surface area contributed by atoms with E-state index in [4.69, 9.17) is 4.74 Å². The Bertz CT molecular complexity index is 1140. The number of para-hydroxylation sites is 1. The van der Waals surface area contributed by atoms with Gasteiger partial charge in [0.1, 0.15) is 0 Å². The summed E-state index contributed by atoms with van der Waals surface area (Å²) >= 11 is 0. The molecule has 1 aliphatic heterocycles. The molecule has 0 saturated carbocycles. The molecule has 1 heterocycles. The molecule has 0 unspecified atom stereocenters. The third-order valence-electron chi connectivity index (χ3n) is 6.08. The fraction of sp³-hybridized carbons (Fsp3) is 0.269. The van der Waals surface area contributed by atoms with E-state index in [0.29, 0.717) is 6.54 Å². The fourth-order valence-corrected chi connectivity index (χ4v) is 4.18. The second-order valence-corrected chi connectivity index (χ2v) is 8.19. The maximum atomic E-state index is 12.7. The molecule has 176 valence electrons. The molecule has 8 nitrogen and oxygen atoms in total. The van der Waals surface area contributed by atoms with Crippen molar-refractivity contribution in [1.82, 2.24) is 10.2 Å². The van der Waals surface area contributed by atoms with Crippen molar-refractivity contribution in [2.45, 2.75) is 13.1 Å². The first-order valence-electron chi connectivity index (χ1n) is 11.2. The lowest BCUT2D eigenvalue weighted by atomic mass is 10.1. The number of nitrogens with one attached hydrogen (secondary N) is 1. The molecule has 0 aromatic heterocycles. The van der Waals surface area contributed by atoms with Crippen LogP contribution in [0.5, 0.6) is 5.75 Å². The molecular formula is C26H28N4O4. The van der Waals surface area contributed by atoms with Crippen molar-refractivity contribution in [2.75, 3.05) is 38.2 Å². The number of hydrogen-bond acceptors (Lipinski definition) is 6. The number of rotatable bonds is 8. The van der Waals surface area contributed by atoms with Gasteiger partial charge in [0.25, 0.3) is 5.91 Å². The van der Waals surface area contributed by atoms with Gasteiger partial charge in [-0.1, -0.05) is 42.5 Å². The van der Waals surface area contributed by atoms with Gasteiger partial charge in [-0.05, 0) is 35.4 Å². The van der Waals surface area contributed by atoms with Gasteiger partial charge < -0.3 is 15.0 Å². The van der Waals surface area contributed by atoms with Gasteiger partial charge in [-0.2, -0.15) is 0 Å². The van der Waals surface area contributed by atoms with Crippen molar-refractivity contribution in [2.24, 2.45) is 0 Å². The lowest BCUT2D eigenvalue weighted by molar-refractivity contribution is -0.385. The van der Waals surface area contributed by atoms with Gasteiger partial charge in [0.05, 0.1) is 12.0 Å². The highest BCUT2D eigenvalue weighted by atomic mass is 16.6. The Hall–Kier alpha value is -3.91. The zero-order chi connectivity index (χ0) is 23.9. The van der Waals surface area contributed by atoms with Crippen LogP contribution in [0.15, 0.2) is 72.8 Å². The van der Waals surface area contributed by atoms with E-state index in [9.17, 15) is 14.9 Å². The van der Waals surface area contributed by atoms with Gasteiger partial charge in [-0.15, -0.1) is 0 Å². The van der Waals surface area contributed by atoms with Crippen molar-refractivity contribution in [1.29, 1.82) is 0 Å². The van der Waals surface area contributed by atoms with Crippen LogP contribution in [0.2, 0.25) is 0 Å². The number of ether oxygens (including phenoxy) is 1. The Labute approximate surface area is 198 Å². The van der Waals surface area contributed by atoms with Crippen LogP contribution in [-0.4, -0.2) is 49.0 Å². The third kappa shape index (κ3) is 5.52. The van der Waals surface area contributed by atoms with Gasteiger partial charge >= 0.3 is 5.69 Å². The maximum absolute atomic E-state index is 12.7. The molecule has 0 aliphatic carbocycles. The summed E-state index contributed by atoms with van der Waals surface area (Å²) in [5, 5.41) is 14.2. The second-order valence-electron chi connectivity index (χ2n) is 8.19. The minimum atomic E-state index is -0.553. The molecule has 4 rings (SSSR count). The molecule has 1 aliphatic rings. The third-order valence-corrected chi connectivity index (χ3v) is 6.08. The molecular weight excluding hydrogens is 432 g/mol. The Kier molecular flexibility index (Phi) is 7.39. The van der Waals surface area contributed by atoms with Crippen molar-refractivity contribution < 1.29 is 14.5 Å². The Morgan fingerprint density at radius 2 is 1.65 bits per heavy atom. The molecule has 3 aromatic carbocycles. The summed E-state index contributed by atoms with van der Waals surface area (Å²) in [5.41, 5.74) is 3.44. The highest BCUT2D eigenvalue weighted by molar-refractivity contribution is 5.95. The Morgan fingerprint density at radius 3 is 2.32 bits per heavy atom. The number of benzene rings is 3. The number of nitrogens with zero attached hydrogens (tertiary/aromatic N) is 3. The van der Waals surface area contributed by atoms with Crippen LogP contribution in [0, 0.1) is 10.1 Å². The predicted octanol–water partition coefficient (Wildman–Crippen LogP) is 3.86. The quantitative estimate of drug-likeness (QED) is 0.406. The maximum Gasteiger partial charge on any atom is 0.311 e. The van der Waals surface area contributed by atoms with Crippen LogP contribution >= 0.6 is 0 Å². The van der Waals surface area contributed by atoms with E-state index < -0.39 is 4.92 Å². The van der Waals surface area contributed by atoms with E-state index in [0.717, 1.165) is 43.9 Å². The largest absolute Gasteiger partial charge is 0.490 e. The van der Waals surface area contributed by atoms with Gasteiger partial charge in [-0.3, -0.25) is 19.8 Å². The molecule has 1 saturated heterocycles. The van der Waals surface area contributed by atoms with Crippen LogP contribution in [0.4, 0.5) is 11.4 Å². The summed E-state index contributed by atoms with van der Waals surface area (Å²) in [6, 6.07) is 22.7. The first kappa shape index (κ1) is 23.3. The van der Waals surface area contributed by atoms with Crippen LogP contribution in [-0.2, 0) is 13.1 Å². The van der Waals surface area contributed by atoms with Gasteiger partial charge in [0.15, 0.2) is 5.75 Å². The van der Waals surface area contributed by atoms with E-state index in [1.165, 1.54) is 31.0 Å². The number of nitro benzene ring substituents is 1. The second kappa shape index (κ2) is 10.8. The van der Waals surface area contributed by atoms with Crippen molar-refractivity contribution in [3.8, 4) is 5.75 Å². The number of piperazine rings is 1. The average molecular weight is 461 g/mol. The van der Waals surface area contributed by atoms with Crippen molar-refractivity contribution in [3.05, 3.63) is 99.6 Å². The minimum absolute atomic E-state index is 0.124. The molecule has 3 aromatic rings. The number of amides is 1. The first-order valence-corrected chi connectivity index (χ1v) is 11.2. The number of hydrogen-bond donors (Lipinski definition) is 1. The standard InChI is InChI=1S/C26H28N4O4/c1-34-25-12-11-20(17-24(25)30(32)33)26(31)27-18-21-7-5-6-8-22(21)19-28-13-15-29(16-14-28)23-9-3-2-4-10-23/h2-12,17H,13-16,18-19H2,1H3,(H,27,31). The topological polar surface area (TPSA) is 88.0 Å². The Morgan fingerprint density at radius 1 is 0.971 bits per heavy atom. The van der Waals surface area contributed by atoms with Gasteiger partial charge in [0.2, 0.25) is 0 Å². The fourth-order valence-electron chi connectivity index (χ4n) is 4.18. The molecule has 0 radical (unpaired) electrons. The monoisotopic (exact) mass is 460 g/mol. The first-order chi connectivity index (χ1) is 16.5. The van der Waals surface area contributed by atoms with Gasteiger partial charge in [0, 0.05) is 56.6 Å². The summed E-state index contributed by atoms with van der Waals surface area (Å²) < 4.78 is 5.01. The SMILES string of the molecule is COc1ccc(C(=O)NCc2ccccc2CN2CCN(c3ccccc3)CC2)cc1[N+](=O)[O-]. The summed E-state index contributed by atoms with van der Waals surface area (Å²) in [5.74, 6) is -0.240. The highest BCUT2D eigenvalue weighted by Gasteiger charge is 2.20. The number of methoxy groups -OCH3 is 1. The molecule has 1 fully saturated rings. The molecule has 1 N–H and O–H groups in total. The minimum Gasteiger partial charge on any atom is -0.490 e. The van der Waals surface area contributed by atoms with Crippen molar-refractivity contribution >= 4 is 17.3 Å². The zero-order valence-corrected chi connectivity index (χ0v) is 19.1. The van der Waals surface area contributed by atoms with Crippen molar-refractivity contribution in [3.63, 3.8) is 0 Å². The van der Waals surface area contributed by atoms with E-state index in [2.05, 4.69) is 45.4 Å². The van der Waals surface area contributed by atoms with Crippen LogP contribution in [0.25, 0.3) is 0 Å². The molecule has 0 spiro atoms. The molecule has 0 atom stereocenters. The number of carbonyl (C=O) groups is 1. The van der Waals surface area contributed by atoms with E-state index >= 15 is 0 Å². The molecule has 0 bridgehead atoms. The normalized spacial score (nSPS) is 14.0. The Balaban J connectivity index is 1.36. The number of carbonyl (C=O) groups excluding carboxylic acids is 1. The summed E-state index contributed by atoms with van der Waals surface area (Å²) in [6.07, 6.45) is 0. The average Bonchev–Trinajstić information content (AvgIpc) is 2.88. The molecule has 34 heavy (non-hydrogen) atoms. The van der Waals surface area contributed by atoms with Crippen LogP contribution in [0.1, 0.15) is 21.5 Å². The summed E-state index contributed by atoms with van der Waals surface area (Å²) in [4.78, 5) is 28.2. The summed E-state index contributed by atoms with van der Waals surface area (Å²) in [7, 11) is 1.36. The smallest absolute Gasteiger partial charge is 0.311 e. The van der Waals surface area contributed by atoms with E-state index in [1.807, 2.05) is 24.3 Å². The van der Waals surface area contributed by atoms with Crippen LogP contribution in [0.3, 0.4) is 0 Å². The molecule has 1 amide bonds. The number of anilines is 1. The summed E-state index contributed by atoms with van der Waals surface area (Å²) in [6.45, 7) is 5.02. The number of nitro groups is 1. The zero-order valence-electron chi connectivity index (χ0n) is 19.1.